The molecular weight excluding hydrogens is 414 g/mol. The van der Waals surface area contributed by atoms with E-state index in [9.17, 15) is 13.2 Å². The van der Waals surface area contributed by atoms with Gasteiger partial charge in [-0.3, -0.25) is 9.69 Å². The zero-order valence-electron chi connectivity index (χ0n) is 16.2. The van der Waals surface area contributed by atoms with E-state index in [1.165, 1.54) is 6.07 Å². The Morgan fingerprint density at radius 3 is 2.48 bits per heavy atom. The number of carbonyl (C=O) groups excluding carboxylic acids is 1. The van der Waals surface area contributed by atoms with E-state index in [-0.39, 0.29) is 10.8 Å². The fraction of sp³-hybridized carbons (Fsp3) is 0.350. The summed E-state index contributed by atoms with van der Waals surface area (Å²) in [6, 6.07) is 11.2. The number of hydrogen-bond acceptors (Lipinski definition) is 5. The Hall–Kier alpha value is -1.97. The maximum absolute atomic E-state index is 12.6. The van der Waals surface area contributed by atoms with Gasteiger partial charge in [-0.25, -0.2) is 13.1 Å². The van der Waals surface area contributed by atoms with Gasteiger partial charge in [-0.15, -0.1) is 0 Å². The molecule has 156 valence electrons. The molecule has 7 nitrogen and oxygen atoms in total. The van der Waals surface area contributed by atoms with E-state index in [1.807, 2.05) is 0 Å². The largest absolute Gasteiger partial charge is 0.379 e. The van der Waals surface area contributed by atoms with Crippen LogP contribution in [0.3, 0.4) is 0 Å². The van der Waals surface area contributed by atoms with Gasteiger partial charge >= 0.3 is 0 Å². The number of nitrogens with zero attached hydrogens (tertiary/aromatic N) is 1. The van der Waals surface area contributed by atoms with Crippen LogP contribution in [0.2, 0.25) is 5.02 Å². The van der Waals surface area contributed by atoms with E-state index in [0.717, 1.165) is 13.1 Å². The minimum absolute atomic E-state index is 0.168. The van der Waals surface area contributed by atoms with Gasteiger partial charge in [0.15, 0.2) is 0 Å². The lowest BCUT2D eigenvalue weighted by Gasteiger charge is -2.26. The highest BCUT2D eigenvalue weighted by molar-refractivity contribution is 7.89. The molecule has 9 heteroatoms. The Balaban J connectivity index is 1.61. The van der Waals surface area contributed by atoms with Gasteiger partial charge in [-0.1, -0.05) is 11.6 Å². The monoisotopic (exact) mass is 437 g/mol. The van der Waals surface area contributed by atoms with Crippen molar-refractivity contribution >= 4 is 33.2 Å². The number of amides is 1. The number of morpholine rings is 1. The first kappa shape index (κ1) is 21.7. The van der Waals surface area contributed by atoms with Crippen LogP contribution >= 0.6 is 11.6 Å². The number of rotatable bonds is 7. The number of hydrogen-bond donors (Lipinski definition) is 2. The van der Waals surface area contributed by atoms with Crippen LogP contribution in [0.4, 0.5) is 5.69 Å². The van der Waals surface area contributed by atoms with Crippen LogP contribution in [0.25, 0.3) is 0 Å². The molecule has 1 amide bonds. The molecule has 3 rings (SSSR count). The predicted molar refractivity (Wildman–Crippen MR) is 113 cm³/mol. The van der Waals surface area contributed by atoms with E-state index in [0.29, 0.717) is 48.1 Å². The van der Waals surface area contributed by atoms with Gasteiger partial charge in [0, 0.05) is 42.5 Å². The second-order valence-corrected chi connectivity index (χ2v) is 8.99. The highest BCUT2D eigenvalue weighted by atomic mass is 35.5. The number of benzene rings is 2. The molecule has 2 aromatic carbocycles. The molecule has 0 aliphatic carbocycles. The van der Waals surface area contributed by atoms with Gasteiger partial charge in [-0.05, 0) is 55.0 Å². The SMILES string of the molecule is Cc1cc(S(=O)(=O)NCCN2CCOCC2)ccc1NC(=O)c1ccc(Cl)cc1. The van der Waals surface area contributed by atoms with E-state index >= 15 is 0 Å². The van der Waals surface area contributed by atoms with Crippen molar-refractivity contribution in [1.82, 2.24) is 9.62 Å². The first-order valence-electron chi connectivity index (χ1n) is 9.32. The van der Waals surface area contributed by atoms with Crippen molar-refractivity contribution in [3.63, 3.8) is 0 Å². The van der Waals surface area contributed by atoms with Crippen molar-refractivity contribution in [1.29, 1.82) is 0 Å². The average Bonchev–Trinajstić information content (AvgIpc) is 2.70. The fourth-order valence-electron chi connectivity index (χ4n) is 2.99. The Labute approximate surface area is 176 Å². The molecule has 2 aromatic rings. The third-order valence-corrected chi connectivity index (χ3v) is 6.40. The van der Waals surface area contributed by atoms with Gasteiger partial charge in [0.1, 0.15) is 0 Å². The topological polar surface area (TPSA) is 87.7 Å². The summed E-state index contributed by atoms with van der Waals surface area (Å²) in [7, 11) is -3.62. The quantitative estimate of drug-likeness (QED) is 0.694. The summed E-state index contributed by atoms with van der Waals surface area (Å²) in [5, 5.41) is 3.34. The van der Waals surface area contributed by atoms with Crippen LogP contribution in [0.15, 0.2) is 47.4 Å². The zero-order valence-corrected chi connectivity index (χ0v) is 17.7. The van der Waals surface area contributed by atoms with E-state index < -0.39 is 10.0 Å². The number of aryl methyl sites for hydroxylation is 1. The number of halogens is 1. The van der Waals surface area contributed by atoms with E-state index in [2.05, 4.69) is 14.9 Å². The Bertz CT molecular complexity index is 958. The van der Waals surface area contributed by atoms with E-state index in [4.69, 9.17) is 16.3 Å². The van der Waals surface area contributed by atoms with Gasteiger partial charge in [0.2, 0.25) is 10.0 Å². The summed E-state index contributed by atoms with van der Waals surface area (Å²) in [5.41, 5.74) is 1.68. The molecular formula is C20H24ClN3O4S. The number of sulfonamides is 1. The molecule has 1 aliphatic rings. The summed E-state index contributed by atoms with van der Waals surface area (Å²) < 4.78 is 33.0. The van der Waals surface area contributed by atoms with Crippen LogP contribution in [0.5, 0.6) is 0 Å². The lowest BCUT2D eigenvalue weighted by Crippen LogP contribution is -2.41. The molecule has 0 unspecified atom stereocenters. The third kappa shape index (κ3) is 6.01. The highest BCUT2D eigenvalue weighted by Crippen LogP contribution is 2.21. The minimum Gasteiger partial charge on any atom is -0.379 e. The lowest BCUT2D eigenvalue weighted by molar-refractivity contribution is 0.0390. The van der Waals surface area contributed by atoms with Crippen molar-refractivity contribution < 1.29 is 17.9 Å². The van der Waals surface area contributed by atoms with Crippen molar-refractivity contribution in [2.24, 2.45) is 0 Å². The van der Waals surface area contributed by atoms with Crippen molar-refractivity contribution in [2.75, 3.05) is 44.7 Å². The van der Waals surface area contributed by atoms with Crippen LogP contribution in [-0.4, -0.2) is 58.6 Å². The molecule has 0 saturated carbocycles. The Morgan fingerprint density at radius 1 is 1.14 bits per heavy atom. The molecule has 1 aliphatic heterocycles. The standard InChI is InChI=1S/C20H24ClN3O4S/c1-15-14-18(29(26,27)22-8-9-24-10-12-28-13-11-24)6-7-19(15)23-20(25)16-2-4-17(21)5-3-16/h2-7,14,22H,8-13H2,1H3,(H,23,25). The van der Waals surface area contributed by atoms with Crippen LogP contribution in [-0.2, 0) is 14.8 Å². The third-order valence-electron chi connectivity index (χ3n) is 4.69. The Kier molecular flexibility index (Phi) is 7.26. The van der Waals surface area contributed by atoms with E-state index in [1.54, 1.807) is 43.3 Å². The lowest BCUT2D eigenvalue weighted by atomic mass is 10.1. The number of nitrogens with one attached hydrogen (secondary N) is 2. The Morgan fingerprint density at radius 2 is 1.83 bits per heavy atom. The van der Waals surface area contributed by atoms with Crippen molar-refractivity contribution in [2.45, 2.75) is 11.8 Å². The van der Waals surface area contributed by atoms with Gasteiger partial charge in [0.25, 0.3) is 5.91 Å². The molecule has 0 spiro atoms. The normalized spacial score (nSPS) is 15.2. The molecule has 0 aromatic heterocycles. The van der Waals surface area contributed by atoms with Crippen LogP contribution < -0.4 is 10.0 Å². The summed E-state index contributed by atoms with van der Waals surface area (Å²) in [5.74, 6) is -0.288. The number of ether oxygens (including phenoxy) is 1. The number of anilines is 1. The first-order valence-corrected chi connectivity index (χ1v) is 11.2. The van der Waals surface area contributed by atoms with Gasteiger partial charge in [0.05, 0.1) is 18.1 Å². The zero-order chi connectivity index (χ0) is 20.9. The molecule has 29 heavy (non-hydrogen) atoms. The molecule has 1 fully saturated rings. The highest BCUT2D eigenvalue weighted by Gasteiger charge is 2.17. The molecule has 0 bridgehead atoms. The summed E-state index contributed by atoms with van der Waals surface area (Å²) in [6.45, 7) is 5.69. The fourth-order valence-corrected chi connectivity index (χ4v) is 4.22. The molecule has 0 atom stereocenters. The first-order chi connectivity index (χ1) is 13.8. The van der Waals surface area contributed by atoms with Crippen LogP contribution in [0.1, 0.15) is 15.9 Å². The van der Waals surface area contributed by atoms with Gasteiger partial charge in [-0.2, -0.15) is 0 Å². The van der Waals surface area contributed by atoms with Crippen molar-refractivity contribution in [3.8, 4) is 0 Å². The molecule has 0 radical (unpaired) electrons. The average molecular weight is 438 g/mol. The smallest absolute Gasteiger partial charge is 0.255 e. The second kappa shape index (κ2) is 9.69. The molecule has 2 N–H and O–H groups in total. The summed E-state index contributed by atoms with van der Waals surface area (Å²) in [4.78, 5) is 14.7. The minimum atomic E-state index is -3.62. The van der Waals surface area contributed by atoms with Crippen LogP contribution in [0, 0.1) is 6.92 Å². The second-order valence-electron chi connectivity index (χ2n) is 6.79. The van der Waals surface area contributed by atoms with Gasteiger partial charge < -0.3 is 10.1 Å². The maximum atomic E-state index is 12.6. The predicted octanol–water partition coefficient (Wildman–Crippen LogP) is 2.51. The molecule has 1 heterocycles. The summed E-state index contributed by atoms with van der Waals surface area (Å²) in [6.07, 6.45) is 0. The summed E-state index contributed by atoms with van der Waals surface area (Å²) >= 11 is 5.84. The number of carbonyl (C=O) groups is 1. The maximum Gasteiger partial charge on any atom is 0.255 e. The van der Waals surface area contributed by atoms with Crippen molar-refractivity contribution in [3.05, 3.63) is 58.6 Å². The molecule has 1 saturated heterocycles.